The Balaban J connectivity index is 1.43. The summed E-state index contributed by atoms with van der Waals surface area (Å²) in [5.74, 6) is 1.10. The van der Waals surface area contributed by atoms with E-state index in [1.54, 1.807) is 45.0 Å². The van der Waals surface area contributed by atoms with Crippen LogP contribution in [-0.4, -0.2) is 43.1 Å². The molecule has 0 radical (unpaired) electrons. The summed E-state index contributed by atoms with van der Waals surface area (Å²) in [4.78, 5) is 19.3. The number of nitrogens with two attached hydrogens (primary N) is 2. The van der Waals surface area contributed by atoms with Crippen molar-refractivity contribution >= 4 is 40.6 Å². The van der Waals surface area contributed by atoms with E-state index in [1.165, 1.54) is 12.8 Å². The summed E-state index contributed by atoms with van der Waals surface area (Å²) in [6, 6.07) is 16.4. The number of esters is 1. The number of ether oxygens (including phenoxy) is 2. The van der Waals surface area contributed by atoms with Crippen LogP contribution in [0.5, 0.6) is 11.5 Å². The number of hydrogen-bond donors (Lipinski definition) is 3. The summed E-state index contributed by atoms with van der Waals surface area (Å²) in [5, 5.41) is 3.61. The Labute approximate surface area is 241 Å². The van der Waals surface area contributed by atoms with Gasteiger partial charge in [-0.15, -0.1) is 0 Å². The molecule has 1 heterocycles. The van der Waals surface area contributed by atoms with Gasteiger partial charge in [0.15, 0.2) is 5.96 Å². The molecule has 3 aromatic rings. The fourth-order valence-corrected chi connectivity index (χ4v) is 4.62. The third kappa shape index (κ3) is 7.67. The second-order valence-electron chi connectivity index (χ2n) is 11.1. The first-order chi connectivity index (χ1) is 19.0. The van der Waals surface area contributed by atoms with Crippen LogP contribution in [0, 0.1) is 12.3 Å². The maximum Gasteiger partial charge on any atom is 0.316 e. The van der Waals surface area contributed by atoms with Crippen molar-refractivity contribution in [3.05, 3.63) is 65.2 Å². The van der Waals surface area contributed by atoms with E-state index in [9.17, 15) is 4.79 Å². The third-order valence-corrected chi connectivity index (χ3v) is 6.97. The quantitative estimate of drug-likeness (QED) is 0.0957. The maximum atomic E-state index is 12.3. The number of anilines is 2. The minimum absolute atomic E-state index is 0.208. The molecule has 1 fully saturated rings. The highest BCUT2D eigenvalue weighted by Crippen LogP contribution is 2.37. The van der Waals surface area contributed by atoms with Crippen LogP contribution in [0.15, 0.2) is 59.6 Å². The highest BCUT2D eigenvalue weighted by atomic mass is 35.5. The lowest BCUT2D eigenvalue weighted by Crippen LogP contribution is -2.25. The summed E-state index contributed by atoms with van der Waals surface area (Å²) < 4.78 is 11.4. The molecule has 8 nitrogen and oxygen atoms in total. The van der Waals surface area contributed by atoms with Gasteiger partial charge in [-0.25, -0.2) is 4.99 Å². The monoisotopic (exact) mass is 563 g/mol. The number of aliphatic imine (C=N–C) groups is 1. The van der Waals surface area contributed by atoms with Crippen LogP contribution in [0.3, 0.4) is 0 Å². The number of nitrogens with one attached hydrogen (secondary N) is 1. The molecule has 5 N–H and O–H groups in total. The van der Waals surface area contributed by atoms with Gasteiger partial charge in [-0.3, -0.25) is 9.69 Å². The van der Waals surface area contributed by atoms with E-state index in [0.29, 0.717) is 34.3 Å². The Morgan fingerprint density at radius 2 is 1.73 bits per heavy atom. The molecule has 0 atom stereocenters. The topological polar surface area (TPSA) is 115 Å². The van der Waals surface area contributed by atoms with Gasteiger partial charge in [-0.2, -0.15) is 0 Å². The molecule has 9 heteroatoms. The smallest absolute Gasteiger partial charge is 0.316 e. The fraction of sp³-hybridized carbons (Fsp3) is 0.355. The van der Waals surface area contributed by atoms with Crippen LogP contribution in [0.25, 0.3) is 11.1 Å². The van der Waals surface area contributed by atoms with Crippen LogP contribution in [0.2, 0.25) is 5.02 Å². The lowest BCUT2D eigenvalue weighted by molar-refractivity contribution is -0.142. The first kappa shape index (κ1) is 29.2. The van der Waals surface area contributed by atoms with Crippen LogP contribution in [0.1, 0.15) is 39.2 Å². The van der Waals surface area contributed by atoms with Crippen LogP contribution in [0.4, 0.5) is 17.1 Å². The molecule has 212 valence electrons. The van der Waals surface area contributed by atoms with E-state index in [0.717, 1.165) is 42.2 Å². The molecule has 0 aromatic heterocycles. The van der Waals surface area contributed by atoms with Crippen molar-refractivity contribution in [3.63, 3.8) is 0 Å². The second-order valence-corrected chi connectivity index (χ2v) is 11.5. The van der Waals surface area contributed by atoms with Crippen molar-refractivity contribution in [3.8, 4) is 22.6 Å². The predicted octanol–water partition coefficient (Wildman–Crippen LogP) is 6.38. The van der Waals surface area contributed by atoms with E-state index < -0.39 is 5.41 Å². The molecular weight excluding hydrogens is 526 g/mol. The van der Waals surface area contributed by atoms with Crippen molar-refractivity contribution in [1.82, 2.24) is 4.90 Å². The van der Waals surface area contributed by atoms with Crippen molar-refractivity contribution < 1.29 is 14.3 Å². The molecule has 0 amide bonds. The van der Waals surface area contributed by atoms with Crippen molar-refractivity contribution in [1.29, 1.82) is 0 Å². The lowest BCUT2D eigenvalue weighted by Gasteiger charge is -2.17. The molecule has 0 bridgehead atoms. The van der Waals surface area contributed by atoms with Gasteiger partial charge in [0.05, 0.1) is 16.8 Å². The summed E-state index contributed by atoms with van der Waals surface area (Å²) in [7, 11) is 0. The molecule has 1 aliphatic rings. The average molecular weight is 564 g/mol. The lowest BCUT2D eigenvalue weighted by atomic mass is 9.97. The summed E-state index contributed by atoms with van der Waals surface area (Å²) in [6.45, 7) is 11.2. The molecular formula is C31H38ClN5O3. The Hall–Kier alpha value is -3.75. The summed E-state index contributed by atoms with van der Waals surface area (Å²) in [6.07, 6.45) is 2.55. The van der Waals surface area contributed by atoms with Crippen LogP contribution < -0.4 is 26.3 Å². The van der Waals surface area contributed by atoms with Gasteiger partial charge in [0.2, 0.25) is 0 Å². The molecule has 1 saturated heterocycles. The predicted molar refractivity (Wildman–Crippen MR) is 164 cm³/mol. The van der Waals surface area contributed by atoms with Gasteiger partial charge in [0.25, 0.3) is 0 Å². The van der Waals surface area contributed by atoms with E-state index in [4.69, 9.17) is 32.5 Å². The zero-order valence-corrected chi connectivity index (χ0v) is 24.3. The average Bonchev–Trinajstić information content (AvgIpc) is 3.41. The van der Waals surface area contributed by atoms with Gasteiger partial charge in [0, 0.05) is 22.8 Å². The highest BCUT2D eigenvalue weighted by Gasteiger charge is 2.24. The normalized spacial score (nSPS) is 14.3. The number of carbonyl (C=O) groups excluding carboxylic acids is 1. The molecule has 0 unspecified atom stereocenters. The summed E-state index contributed by atoms with van der Waals surface area (Å²) in [5.41, 5.74) is 16.1. The maximum absolute atomic E-state index is 12.3. The molecule has 0 aliphatic carbocycles. The second kappa shape index (κ2) is 12.6. The number of benzene rings is 3. The standard InChI is InChI=1S/C31H38ClN5O3/c1-20-17-21(25-19-24(11-12-26(25)32)40-29(38)31(2,3)4)18-27(33)28(20)36-30(34)35-22-7-9-23(10-8-22)39-16-15-37-13-5-6-14-37/h7-12,17-19H,5-6,13-16,33H2,1-4H3,(H3,34,35,36). The molecule has 40 heavy (non-hydrogen) atoms. The number of nitrogens with zero attached hydrogens (tertiary/aromatic N) is 2. The van der Waals surface area contributed by atoms with E-state index in [2.05, 4.69) is 15.2 Å². The highest BCUT2D eigenvalue weighted by molar-refractivity contribution is 6.33. The summed E-state index contributed by atoms with van der Waals surface area (Å²) >= 11 is 6.50. The van der Waals surface area contributed by atoms with Crippen molar-refractivity contribution in [2.75, 3.05) is 37.3 Å². The SMILES string of the molecule is Cc1cc(-c2cc(OC(=O)C(C)(C)C)ccc2Cl)cc(N)c1N=C(N)Nc1ccc(OCCN2CCCC2)cc1. The number of likely N-dealkylation sites (tertiary alicyclic amines) is 1. The Kier molecular flexibility index (Phi) is 9.22. The van der Waals surface area contributed by atoms with Gasteiger partial charge in [-0.05, 0) is 119 Å². The number of nitrogen functional groups attached to an aromatic ring is 1. The Morgan fingerprint density at radius 1 is 1.05 bits per heavy atom. The van der Waals surface area contributed by atoms with E-state index in [-0.39, 0.29) is 11.9 Å². The number of carbonyl (C=O) groups is 1. The molecule has 4 rings (SSSR count). The van der Waals surface area contributed by atoms with Crippen LogP contribution >= 0.6 is 11.6 Å². The van der Waals surface area contributed by atoms with E-state index in [1.807, 2.05) is 37.3 Å². The van der Waals surface area contributed by atoms with Gasteiger partial charge in [-0.1, -0.05) is 11.6 Å². The largest absolute Gasteiger partial charge is 0.492 e. The number of halogens is 1. The molecule has 3 aromatic carbocycles. The molecule has 1 aliphatic heterocycles. The first-order valence-corrected chi connectivity index (χ1v) is 13.9. The minimum Gasteiger partial charge on any atom is -0.492 e. The third-order valence-electron chi connectivity index (χ3n) is 6.64. The van der Waals surface area contributed by atoms with Gasteiger partial charge < -0.3 is 26.3 Å². The number of hydrogen-bond acceptors (Lipinski definition) is 6. The Bertz CT molecular complexity index is 1350. The Morgan fingerprint density at radius 3 is 2.38 bits per heavy atom. The number of guanidine groups is 1. The fourth-order valence-electron chi connectivity index (χ4n) is 4.39. The first-order valence-electron chi connectivity index (χ1n) is 13.5. The molecule has 0 saturated carbocycles. The van der Waals surface area contributed by atoms with E-state index >= 15 is 0 Å². The number of rotatable bonds is 8. The number of aryl methyl sites for hydroxylation is 1. The molecule has 0 spiro atoms. The zero-order chi connectivity index (χ0) is 28.9. The van der Waals surface area contributed by atoms with Crippen molar-refractivity contribution in [2.24, 2.45) is 16.1 Å². The minimum atomic E-state index is -0.628. The van der Waals surface area contributed by atoms with Crippen molar-refractivity contribution in [2.45, 2.75) is 40.5 Å². The van der Waals surface area contributed by atoms with Crippen LogP contribution in [-0.2, 0) is 4.79 Å². The van der Waals surface area contributed by atoms with Gasteiger partial charge in [0.1, 0.15) is 18.1 Å². The zero-order valence-electron chi connectivity index (χ0n) is 23.6. The van der Waals surface area contributed by atoms with Gasteiger partial charge >= 0.3 is 5.97 Å².